The second-order valence-electron chi connectivity index (χ2n) is 9.71. The molecular formula is C24H37N5O2S. The lowest BCUT2D eigenvalue weighted by atomic mass is 9.93. The van der Waals surface area contributed by atoms with Gasteiger partial charge in [0.2, 0.25) is 5.13 Å². The summed E-state index contributed by atoms with van der Waals surface area (Å²) < 4.78 is 4.48. The number of aliphatic carboxylic acids is 1. The van der Waals surface area contributed by atoms with Gasteiger partial charge in [0.1, 0.15) is 5.82 Å². The number of rotatable bonds is 10. The number of pyridine rings is 1. The van der Waals surface area contributed by atoms with E-state index in [9.17, 15) is 9.90 Å². The lowest BCUT2D eigenvalue weighted by Crippen LogP contribution is -2.40. The number of nitrogens with one attached hydrogen (secondary N) is 1. The highest BCUT2D eigenvalue weighted by Gasteiger charge is 2.26. The minimum Gasteiger partial charge on any atom is -0.481 e. The summed E-state index contributed by atoms with van der Waals surface area (Å²) in [6.45, 7) is 11.5. The first kappa shape index (κ1) is 24.4. The molecule has 0 bridgehead atoms. The fraction of sp³-hybridized carbons (Fsp3) is 0.667. The molecule has 2 N–H and O–H groups in total. The summed E-state index contributed by atoms with van der Waals surface area (Å²) in [6.07, 6.45) is 8.11. The van der Waals surface area contributed by atoms with Crippen molar-refractivity contribution in [1.82, 2.24) is 14.3 Å². The van der Waals surface area contributed by atoms with Gasteiger partial charge in [-0.15, -0.1) is 0 Å². The van der Waals surface area contributed by atoms with Gasteiger partial charge in [-0.3, -0.25) is 4.79 Å². The molecule has 3 rings (SSSR count). The third-order valence-electron chi connectivity index (χ3n) is 5.99. The van der Waals surface area contributed by atoms with Crippen LogP contribution in [0.1, 0.15) is 96.4 Å². The summed E-state index contributed by atoms with van der Waals surface area (Å²) >= 11 is 1.35. The SMILES string of the molecule is CC(C)CN(c1ncc(C(C)CC(=O)O)cc1Nc1nc(C(C)C)ns1)C1CCCCC1. The minimum absolute atomic E-state index is 0.0785. The monoisotopic (exact) mass is 459 g/mol. The number of hydrogen-bond donors (Lipinski definition) is 2. The van der Waals surface area contributed by atoms with Crippen molar-refractivity contribution in [3.8, 4) is 0 Å². The van der Waals surface area contributed by atoms with Gasteiger partial charge in [0.05, 0.1) is 12.1 Å². The van der Waals surface area contributed by atoms with Crippen LogP contribution in [0, 0.1) is 5.92 Å². The zero-order chi connectivity index (χ0) is 23.3. The van der Waals surface area contributed by atoms with Gasteiger partial charge >= 0.3 is 5.97 Å². The van der Waals surface area contributed by atoms with Crippen LogP contribution in [-0.2, 0) is 4.79 Å². The molecule has 0 aliphatic heterocycles. The molecule has 1 atom stereocenters. The van der Waals surface area contributed by atoms with Crippen molar-refractivity contribution in [2.45, 2.75) is 91.0 Å². The van der Waals surface area contributed by atoms with Gasteiger partial charge in [0.15, 0.2) is 5.82 Å². The van der Waals surface area contributed by atoms with Crippen molar-refractivity contribution < 1.29 is 9.90 Å². The molecule has 2 aromatic rings. The van der Waals surface area contributed by atoms with Crippen LogP contribution in [0.15, 0.2) is 12.3 Å². The Kier molecular flexibility index (Phi) is 8.45. The Hall–Kier alpha value is -2.22. The van der Waals surface area contributed by atoms with Gasteiger partial charge in [-0.2, -0.15) is 4.37 Å². The summed E-state index contributed by atoms with van der Waals surface area (Å²) in [5.41, 5.74) is 1.80. The zero-order valence-corrected chi connectivity index (χ0v) is 20.8. The highest BCUT2D eigenvalue weighted by Crippen LogP contribution is 2.36. The number of nitrogens with zero attached hydrogens (tertiary/aromatic N) is 4. The highest BCUT2D eigenvalue weighted by atomic mass is 32.1. The summed E-state index contributed by atoms with van der Waals surface area (Å²) in [5.74, 6) is 1.60. The number of carboxylic acid groups (broad SMARTS) is 1. The van der Waals surface area contributed by atoms with Gasteiger partial charge in [0, 0.05) is 36.2 Å². The minimum atomic E-state index is -0.801. The van der Waals surface area contributed by atoms with Crippen LogP contribution in [0.25, 0.3) is 0 Å². The van der Waals surface area contributed by atoms with E-state index in [0.717, 1.165) is 34.6 Å². The van der Waals surface area contributed by atoms with E-state index in [0.29, 0.717) is 12.0 Å². The van der Waals surface area contributed by atoms with E-state index >= 15 is 0 Å². The number of carboxylic acids is 1. The summed E-state index contributed by atoms with van der Waals surface area (Å²) in [7, 11) is 0. The second kappa shape index (κ2) is 11.1. The van der Waals surface area contributed by atoms with E-state index in [-0.39, 0.29) is 18.3 Å². The molecule has 0 aromatic carbocycles. The lowest BCUT2D eigenvalue weighted by Gasteiger charge is -2.37. The standard InChI is InChI=1S/C24H37N5O2S/c1-15(2)14-29(19-9-7-6-8-10-19)23-20(26-24-27-22(16(3)4)28-32-24)12-18(13-25-23)17(5)11-21(30)31/h12-13,15-17,19H,6-11,14H2,1-5H3,(H,30,31)(H,26,27,28). The van der Waals surface area contributed by atoms with Crippen molar-refractivity contribution in [2.24, 2.45) is 5.92 Å². The van der Waals surface area contributed by atoms with E-state index in [1.807, 2.05) is 13.1 Å². The Bertz CT molecular complexity index is 892. The maximum absolute atomic E-state index is 11.3. The molecule has 7 nitrogen and oxygen atoms in total. The smallest absolute Gasteiger partial charge is 0.303 e. The Morgan fingerprint density at radius 2 is 1.94 bits per heavy atom. The van der Waals surface area contributed by atoms with Gasteiger partial charge in [0.25, 0.3) is 0 Å². The molecule has 1 saturated carbocycles. The quantitative estimate of drug-likeness (QED) is 0.439. The molecule has 8 heteroatoms. The molecular weight excluding hydrogens is 422 g/mol. The molecule has 176 valence electrons. The number of hydrogen-bond acceptors (Lipinski definition) is 7. The highest BCUT2D eigenvalue weighted by molar-refractivity contribution is 7.09. The molecule has 1 fully saturated rings. The Morgan fingerprint density at radius 3 is 2.53 bits per heavy atom. The maximum atomic E-state index is 11.3. The van der Waals surface area contributed by atoms with Gasteiger partial charge < -0.3 is 15.3 Å². The molecule has 0 spiro atoms. The average molecular weight is 460 g/mol. The van der Waals surface area contributed by atoms with Crippen LogP contribution in [0.2, 0.25) is 0 Å². The molecule has 2 aromatic heterocycles. The second-order valence-corrected chi connectivity index (χ2v) is 10.5. The van der Waals surface area contributed by atoms with Crippen molar-refractivity contribution in [3.63, 3.8) is 0 Å². The Balaban J connectivity index is 2.00. The number of aromatic nitrogens is 3. The maximum Gasteiger partial charge on any atom is 0.303 e. The van der Waals surface area contributed by atoms with Crippen LogP contribution in [0.3, 0.4) is 0 Å². The fourth-order valence-corrected chi connectivity index (χ4v) is 5.00. The van der Waals surface area contributed by atoms with Crippen molar-refractivity contribution in [1.29, 1.82) is 0 Å². The van der Waals surface area contributed by atoms with Crippen molar-refractivity contribution in [3.05, 3.63) is 23.7 Å². The van der Waals surface area contributed by atoms with Crippen molar-refractivity contribution in [2.75, 3.05) is 16.8 Å². The number of carbonyl (C=O) groups is 1. The fourth-order valence-electron chi connectivity index (χ4n) is 4.27. The summed E-state index contributed by atoms with van der Waals surface area (Å²) in [5, 5.41) is 13.5. The zero-order valence-electron chi connectivity index (χ0n) is 20.0. The van der Waals surface area contributed by atoms with Crippen LogP contribution >= 0.6 is 11.5 Å². The molecule has 1 aliphatic rings. The van der Waals surface area contributed by atoms with Crippen LogP contribution in [0.5, 0.6) is 0 Å². The van der Waals surface area contributed by atoms with Gasteiger partial charge in [-0.25, -0.2) is 9.97 Å². The van der Waals surface area contributed by atoms with E-state index in [2.05, 4.69) is 53.3 Å². The predicted octanol–water partition coefficient (Wildman–Crippen LogP) is 6.17. The largest absolute Gasteiger partial charge is 0.481 e. The van der Waals surface area contributed by atoms with Crippen LogP contribution < -0.4 is 10.2 Å². The molecule has 2 heterocycles. The normalized spacial score (nSPS) is 15.8. The van der Waals surface area contributed by atoms with Gasteiger partial charge in [-0.1, -0.05) is 53.9 Å². The molecule has 0 saturated heterocycles. The molecule has 32 heavy (non-hydrogen) atoms. The van der Waals surface area contributed by atoms with E-state index in [1.54, 1.807) is 0 Å². The third kappa shape index (κ3) is 6.40. The molecule has 1 unspecified atom stereocenters. The molecule has 0 amide bonds. The van der Waals surface area contributed by atoms with Crippen LogP contribution in [0.4, 0.5) is 16.6 Å². The summed E-state index contributed by atoms with van der Waals surface area (Å²) in [6, 6.07) is 2.53. The topological polar surface area (TPSA) is 91.2 Å². The predicted molar refractivity (Wildman–Crippen MR) is 131 cm³/mol. The van der Waals surface area contributed by atoms with E-state index in [1.165, 1.54) is 43.6 Å². The third-order valence-corrected chi connectivity index (χ3v) is 6.63. The Labute approximate surface area is 195 Å². The average Bonchev–Trinajstić information content (AvgIpc) is 3.21. The van der Waals surface area contributed by atoms with Crippen molar-refractivity contribution >= 4 is 34.1 Å². The van der Waals surface area contributed by atoms with Gasteiger partial charge in [-0.05, 0) is 36.3 Å². The lowest BCUT2D eigenvalue weighted by molar-refractivity contribution is -0.137. The number of anilines is 3. The van der Waals surface area contributed by atoms with E-state index < -0.39 is 5.97 Å². The molecule has 0 radical (unpaired) electrons. The van der Waals surface area contributed by atoms with E-state index in [4.69, 9.17) is 4.98 Å². The first-order chi connectivity index (χ1) is 15.2. The summed E-state index contributed by atoms with van der Waals surface area (Å²) in [4.78, 5) is 23.3. The van der Waals surface area contributed by atoms with Crippen LogP contribution in [-0.4, -0.2) is 38.0 Å². The first-order valence-corrected chi connectivity index (χ1v) is 12.6. The Morgan fingerprint density at radius 1 is 1.22 bits per heavy atom. The first-order valence-electron chi connectivity index (χ1n) is 11.8. The molecule has 1 aliphatic carbocycles.